The maximum atomic E-state index is 12.3. The quantitative estimate of drug-likeness (QED) is 0.586. The number of thiocarbonyl (C=S) groups is 1. The van der Waals surface area contributed by atoms with Crippen LogP contribution in [0.5, 0.6) is 11.5 Å². The second-order valence-corrected chi connectivity index (χ2v) is 6.12. The van der Waals surface area contributed by atoms with E-state index in [1.165, 1.54) is 11.8 Å². The Morgan fingerprint density at radius 3 is 2.59 bits per heavy atom. The molecule has 1 saturated heterocycles. The van der Waals surface area contributed by atoms with Crippen molar-refractivity contribution in [3.05, 3.63) is 28.7 Å². The van der Waals surface area contributed by atoms with Crippen LogP contribution in [-0.2, 0) is 9.53 Å². The van der Waals surface area contributed by atoms with Gasteiger partial charge in [-0.1, -0.05) is 30.0 Å². The molecule has 118 valence electrons. The Bertz CT molecular complexity index is 616. The number of hydrogen-bond acceptors (Lipinski definition) is 6. The van der Waals surface area contributed by atoms with Gasteiger partial charge in [-0.15, -0.1) is 0 Å². The number of carbonyl (C=O) groups is 1. The maximum Gasteiger partial charge on any atom is 0.266 e. The lowest BCUT2D eigenvalue weighted by molar-refractivity contribution is -0.122. The van der Waals surface area contributed by atoms with Crippen molar-refractivity contribution >= 4 is 40.3 Å². The van der Waals surface area contributed by atoms with Gasteiger partial charge in [-0.25, -0.2) is 0 Å². The molecule has 0 spiro atoms. The molecular formula is C15H17NO4S2. The number of thioether (sulfide) groups is 1. The highest BCUT2D eigenvalue weighted by Gasteiger charge is 2.31. The summed E-state index contributed by atoms with van der Waals surface area (Å²) < 4.78 is 16.0. The van der Waals surface area contributed by atoms with Crippen LogP contribution in [0.15, 0.2) is 23.1 Å². The minimum absolute atomic E-state index is 0.0955. The van der Waals surface area contributed by atoms with E-state index in [-0.39, 0.29) is 5.91 Å². The SMILES string of the molecule is COCCN1C(=O)/C(=C/c2ccc(OC)c(OC)c2)SC1=S. The molecule has 0 N–H and O–H groups in total. The van der Waals surface area contributed by atoms with E-state index in [4.69, 9.17) is 26.4 Å². The van der Waals surface area contributed by atoms with E-state index in [9.17, 15) is 4.79 Å². The van der Waals surface area contributed by atoms with Crippen LogP contribution >= 0.6 is 24.0 Å². The van der Waals surface area contributed by atoms with Crippen LogP contribution in [0.3, 0.4) is 0 Å². The average Bonchev–Trinajstić information content (AvgIpc) is 2.79. The predicted molar refractivity (Wildman–Crippen MR) is 91.3 cm³/mol. The minimum Gasteiger partial charge on any atom is -0.493 e. The van der Waals surface area contributed by atoms with Crippen LogP contribution in [0, 0.1) is 0 Å². The van der Waals surface area contributed by atoms with Crippen LogP contribution in [0.2, 0.25) is 0 Å². The Morgan fingerprint density at radius 1 is 1.23 bits per heavy atom. The molecule has 1 aromatic rings. The van der Waals surface area contributed by atoms with Crippen LogP contribution in [0.25, 0.3) is 6.08 Å². The fraction of sp³-hybridized carbons (Fsp3) is 0.333. The van der Waals surface area contributed by atoms with E-state index in [0.29, 0.717) is 33.9 Å². The van der Waals surface area contributed by atoms with Gasteiger partial charge in [-0.2, -0.15) is 0 Å². The van der Waals surface area contributed by atoms with Gasteiger partial charge < -0.3 is 14.2 Å². The summed E-state index contributed by atoms with van der Waals surface area (Å²) in [5, 5.41) is 0. The standard InChI is InChI=1S/C15H17NO4S2/c1-18-7-6-16-14(17)13(22-15(16)21)9-10-4-5-11(19-2)12(8-10)20-3/h4-5,8-9H,6-7H2,1-3H3/b13-9-. The van der Waals surface area contributed by atoms with Gasteiger partial charge in [0.25, 0.3) is 5.91 Å². The van der Waals surface area contributed by atoms with Crippen molar-refractivity contribution in [2.45, 2.75) is 0 Å². The Balaban J connectivity index is 2.23. The van der Waals surface area contributed by atoms with Crippen molar-refractivity contribution in [3.8, 4) is 11.5 Å². The van der Waals surface area contributed by atoms with E-state index in [1.54, 1.807) is 38.4 Å². The molecule has 1 aromatic carbocycles. The van der Waals surface area contributed by atoms with E-state index >= 15 is 0 Å². The average molecular weight is 339 g/mol. The summed E-state index contributed by atoms with van der Waals surface area (Å²) in [4.78, 5) is 14.5. The smallest absolute Gasteiger partial charge is 0.266 e. The van der Waals surface area contributed by atoms with Crippen LogP contribution in [0.4, 0.5) is 0 Å². The van der Waals surface area contributed by atoms with Crippen LogP contribution in [0.1, 0.15) is 5.56 Å². The van der Waals surface area contributed by atoms with E-state index in [2.05, 4.69) is 0 Å². The highest BCUT2D eigenvalue weighted by atomic mass is 32.2. The number of ether oxygens (including phenoxy) is 3. The molecule has 0 unspecified atom stereocenters. The zero-order valence-corrected chi connectivity index (χ0v) is 14.3. The summed E-state index contributed by atoms with van der Waals surface area (Å²) in [5.74, 6) is 1.17. The second-order valence-electron chi connectivity index (χ2n) is 4.44. The van der Waals surface area contributed by atoms with Crippen molar-refractivity contribution in [2.24, 2.45) is 0 Å². The fourth-order valence-corrected chi connectivity index (χ4v) is 3.28. The number of methoxy groups -OCH3 is 3. The summed E-state index contributed by atoms with van der Waals surface area (Å²) in [7, 11) is 4.75. The first-order valence-corrected chi connectivity index (χ1v) is 7.79. The molecule has 1 aliphatic rings. The van der Waals surface area contributed by atoms with Gasteiger partial charge in [0.15, 0.2) is 11.5 Å². The highest BCUT2D eigenvalue weighted by molar-refractivity contribution is 8.26. The second kappa shape index (κ2) is 7.62. The Kier molecular flexibility index (Phi) is 5.82. The molecule has 1 aliphatic heterocycles. The lowest BCUT2D eigenvalue weighted by atomic mass is 10.2. The van der Waals surface area contributed by atoms with Gasteiger partial charge in [0.05, 0.1) is 32.3 Å². The maximum absolute atomic E-state index is 12.3. The first-order chi connectivity index (χ1) is 10.6. The number of rotatable bonds is 6. The summed E-state index contributed by atoms with van der Waals surface area (Å²) in [6, 6.07) is 5.49. The number of nitrogens with zero attached hydrogens (tertiary/aromatic N) is 1. The van der Waals surface area contributed by atoms with Gasteiger partial charge in [0.2, 0.25) is 0 Å². The van der Waals surface area contributed by atoms with Crippen LogP contribution < -0.4 is 9.47 Å². The molecule has 1 fully saturated rings. The molecule has 1 heterocycles. The molecule has 0 bridgehead atoms. The first kappa shape index (κ1) is 16.8. The van der Waals surface area contributed by atoms with Gasteiger partial charge in [-0.05, 0) is 23.8 Å². The van der Waals surface area contributed by atoms with Crippen molar-refractivity contribution < 1.29 is 19.0 Å². The van der Waals surface area contributed by atoms with E-state index in [1.807, 2.05) is 12.1 Å². The van der Waals surface area contributed by atoms with Crippen molar-refractivity contribution in [3.63, 3.8) is 0 Å². The summed E-state index contributed by atoms with van der Waals surface area (Å²) in [5.41, 5.74) is 0.852. The minimum atomic E-state index is -0.0955. The monoisotopic (exact) mass is 339 g/mol. The molecule has 0 aromatic heterocycles. The molecule has 0 saturated carbocycles. The zero-order valence-electron chi connectivity index (χ0n) is 12.6. The molecule has 5 nitrogen and oxygen atoms in total. The van der Waals surface area contributed by atoms with E-state index < -0.39 is 0 Å². The lowest BCUT2D eigenvalue weighted by Crippen LogP contribution is -2.31. The van der Waals surface area contributed by atoms with Crippen molar-refractivity contribution in [1.82, 2.24) is 4.90 Å². The number of benzene rings is 1. The summed E-state index contributed by atoms with van der Waals surface area (Å²) >= 11 is 6.53. The molecule has 7 heteroatoms. The molecular weight excluding hydrogens is 322 g/mol. The molecule has 1 amide bonds. The molecule has 2 rings (SSSR count). The Morgan fingerprint density at radius 2 is 1.95 bits per heavy atom. The molecule has 0 atom stereocenters. The fourth-order valence-electron chi connectivity index (χ4n) is 1.97. The van der Waals surface area contributed by atoms with Gasteiger partial charge in [0.1, 0.15) is 4.32 Å². The van der Waals surface area contributed by atoms with E-state index in [0.717, 1.165) is 5.56 Å². The largest absolute Gasteiger partial charge is 0.493 e. The number of amides is 1. The molecule has 0 radical (unpaired) electrons. The van der Waals surface area contributed by atoms with Crippen LogP contribution in [-0.4, -0.2) is 49.6 Å². The predicted octanol–water partition coefficient (Wildman–Crippen LogP) is 2.55. The zero-order chi connectivity index (χ0) is 16.1. The number of hydrogen-bond donors (Lipinski definition) is 0. The summed E-state index contributed by atoms with van der Waals surface area (Å²) in [6.07, 6.45) is 1.80. The van der Waals surface area contributed by atoms with Crippen molar-refractivity contribution in [2.75, 3.05) is 34.5 Å². The third-order valence-electron chi connectivity index (χ3n) is 3.10. The number of carbonyl (C=O) groups excluding carboxylic acids is 1. The third kappa shape index (κ3) is 3.60. The van der Waals surface area contributed by atoms with Gasteiger partial charge in [-0.3, -0.25) is 9.69 Å². The first-order valence-electron chi connectivity index (χ1n) is 6.57. The normalized spacial score (nSPS) is 16.5. The topological polar surface area (TPSA) is 48.0 Å². The van der Waals surface area contributed by atoms with Gasteiger partial charge >= 0.3 is 0 Å². The Hall–Kier alpha value is -1.57. The Labute approximate surface area is 139 Å². The molecule has 0 aliphatic carbocycles. The summed E-state index contributed by atoms with van der Waals surface area (Å²) in [6.45, 7) is 0.917. The third-order valence-corrected chi connectivity index (χ3v) is 4.48. The van der Waals surface area contributed by atoms with Gasteiger partial charge in [0, 0.05) is 7.11 Å². The molecule has 22 heavy (non-hydrogen) atoms. The highest BCUT2D eigenvalue weighted by Crippen LogP contribution is 2.34. The lowest BCUT2D eigenvalue weighted by Gasteiger charge is -2.13. The van der Waals surface area contributed by atoms with Crippen molar-refractivity contribution in [1.29, 1.82) is 0 Å².